The van der Waals surface area contributed by atoms with Crippen LogP contribution in [0.15, 0.2) is 42.5 Å². The minimum Gasteiger partial charge on any atom is -0.506 e. The van der Waals surface area contributed by atoms with E-state index in [-0.39, 0.29) is 21.7 Å². The van der Waals surface area contributed by atoms with E-state index in [0.29, 0.717) is 16.8 Å². The largest absolute Gasteiger partial charge is 0.506 e. The van der Waals surface area contributed by atoms with Crippen molar-refractivity contribution < 1.29 is 9.90 Å². The highest BCUT2D eigenvalue weighted by Gasteiger charge is 2.15. The highest BCUT2D eigenvalue weighted by Crippen LogP contribution is 2.25. The van der Waals surface area contributed by atoms with Gasteiger partial charge in [-0.05, 0) is 30.3 Å². The zero-order chi connectivity index (χ0) is 15.6. The van der Waals surface area contributed by atoms with E-state index in [9.17, 15) is 9.90 Å². The summed E-state index contributed by atoms with van der Waals surface area (Å²) in [5.74, 6) is -0.316. The van der Waals surface area contributed by atoms with Gasteiger partial charge in [0, 0.05) is 23.9 Å². The Kier molecular flexibility index (Phi) is 4.45. The lowest BCUT2D eigenvalue weighted by atomic mass is 10.1. The first-order valence-corrected chi connectivity index (χ1v) is 6.85. The van der Waals surface area contributed by atoms with E-state index in [1.165, 1.54) is 23.1 Å². The van der Waals surface area contributed by atoms with Crippen LogP contribution in [0, 0.1) is 0 Å². The highest BCUT2D eigenvalue weighted by molar-refractivity contribution is 7.80. The molecular weight excluding hydrogens is 308 g/mol. The lowest BCUT2D eigenvalue weighted by Gasteiger charge is -2.18. The lowest BCUT2D eigenvalue weighted by molar-refractivity contribution is 0.0993. The summed E-state index contributed by atoms with van der Waals surface area (Å²) in [6.45, 7) is 0. The van der Waals surface area contributed by atoms with Crippen molar-refractivity contribution >= 4 is 40.4 Å². The van der Waals surface area contributed by atoms with Gasteiger partial charge in [-0.1, -0.05) is 36.0 Å². The average molecular weight is 321 g/mol. The zero-order valence-electron chi connectivity index (χ0n) is 11.2. The van der Waals surface area contributed by atoms with E-state index in [1.54, 1.807) is 31.3 Å². The number of nitrogens with two attached hydrogens (primary N) is 1. The van der Waals surface area contributed by atoms with Crippen molar-refractivity contribution in [1.82, 2.24) is 0 Å². The fraction of sp³-hybridized carbons (Fsp3) is 0.0667. The molecule has 6 heteroatoms. The first kappa shape index (κ1) is 15.3. The van der Waals surface area contributed by atoms with Gasteiger partial charge < -0.3 is 15.7 Å². The number of carbonyl (C=O) groups excluding carboxylic acids is 1. The Morgan fingerprint density at radius 1 is 1.24 bits per heavy atom. The summed E-state index contributed by atoms with van der Waals surface area (Å²) in [5.41, 5.74) is 7.31. The molecule has 0 spiro atoms. The minimum absolute atomic E-state index is 0.0636. The molecule has 0 fully saturated rings. The van der Waals surface area contributed by atoms with Crippen molar-refractivity contribution in [1.29, 1.82) is 0 Å². The van der Waals surface area contributed by atoms with Crippen LogP contribution in [-0.4, -0.2) is 23.0 Å². The van der Waals surface area contributed by atoms with E-state index < -0.39 is 0 Å². The second kappa shape index (κ2) is 6.11. The number of phenols is 1. The number of carbonyl (C=O) groups is 1. The van der Waals surface area contributed by atoms with Crippen molar-refractivity contribution in [3.63, 3.8) is 0 Å². The average Bonchev–Trinajstić information content (AvgIpc) is 2.48. The number of phenolic OH excluding ortho intramolecular Hbond substituents is 1. The molecule has 0 aliphatic rings. The van der Waals surface area contributed by atoms with Crippen LogP contribution >= 0.6 is 23.8 Å². The number of nitrogens with zero attached hydrogens (tertiary/aromatic N) is 1. The Morgan fingerprint density at radius 3 is 2.57 bits per heavy atom. The van der Waals surface area contributed by atoms with Crippen LogP contribution in [0.2, 0.25) is 5.02 Å². The number of hydrogen-bond acceptors (Lipinski definition) is 3. The third kappa shape index (κ3) is 3.32. The summed E-state index contributed by atoms with van der Waals surface area (Å²) in [4.78, 5) is 14.1. The van der Waals surface area contributed by atoms with Crippen molar-refractivity contribution in [2.24, 2.45) is 5.73 Å². The third-order valence-corrected chi connectivity index (χ3v) is 3.56. The predicted octanol–water partition coefficient (Wildman–Crippen LogP) is 2.96. The van der Waals surface area contributed by atoms with Gasteiger partial charge in [-0.15, -0.1) is 0 Å². The first-order valence-electron chi connectivity index (χ1n) is 6.06. The number of anilines is 1. The van der Waals surface area contributed by atoms with Crippen molar-refractivity contribution in [3.8, 4) is 5.75 Å². The number of amides is 1. The van der Waals surface area contributed by atoms with E-state index >= 15 is 0 Å². The van der Waals surface area contributed by atoms with Gasteiger partial charge in [0.2, 0.25) is 0 Å². The van der Waals surface area contributed by atoms with Crippen LogP contribution in [0.1, 0.15) is 15.9 Å². The molecule has 108 valence electrons. The van der Waals surface area contributed by atoms with E-state index in [4.69, 9.17) is 29.6 Å². The predicted molar refractivity (Wildman–Crippen MR) is 88.2 cm³/mol. The van der Waals surface area contributed by atoms with Gasteiger partial charge in [-0.3, -0.25) is 4.79 Å². The second-order valence-corrected chi connectivity index (χ2v) is 5.29. The Bertz CT molecular complexity index is 719. The molecule has 0 heterocycles. The summed E-state index contributed by atoms with van der Waals surface area (Å²) < 4.78 is 0. The molecule has 1 amide bonds. The third-order valence-electron chi connectivity index (χ3n) is 3.02. The number of hydrogen-bond donors (Lipinski definition) is 2. The summed E-state index contributed by atoms with van der Waals surface area (Å²) in [7, 11) is 1.64. The maximum atomic E-state index is 12.4. The highest BCUT2D eigenvalue weighted by atomic mass is 35.5. The molecule has 0 aliphatic heterocycles. The normalized spacial score (nSPS) is 10.2. The number of halogens is 1. The molecule has 0 radical (unpaired) electrons. The van der Waals surface area contributed by atoms with E-state index in [0.717, 1.165) is 0 Å². The fourth-order valence-electron chi connectivity index (χ4n) is 1.82. The van der Waals surface area contributed by atoms with Crippen LogP contribution in [0.5, 0.6) is 5.75 Å². The van der Waals surface area contributed by atoms with Gasteiger partial charge in [0.25, 0.3) is 5.91 Å². The van der Waals surface area contributed by atoms with Crippen LogP contribution in [0.4, 0.5) is 5.69 Å². The van der Waals surface area contributed by atoms with E-state index in [1.807, 2.05) is 0 Å². The second-order valence-electron chi connectivity index (χ2n) is 4.44. The van der Waals surface area contributed by atoms with Crippen LogP contribution in [0.3, 0.4) is 0 Å². The number of rotatable bonds is 3. The molecule has 3 N–H and O–H groups in total. The monoisotopic (exact) mass is 320 g/mol. The van der Waals surface area contributed by atoms with Gasteiger partial charge in [0.05, 0.1) is 5.02 Å². The molecule has 0 aliphatic carbocycles. The standard InChI is InChI=1S/C15H13ClN2O2S/c1-18(11-4-2-3-9(7-11)14(17)21)15(20)10-5-6-13(19)12(16)8-10/h2-8,19H,1H3,(H2,17,21). The summed E-state index contributed by atoms with van der Waals surface area (Å²) >= 11 is 10.7. The minimum atomic E-state index is -0.253. The van der Waals surface area contributed by atoms with Crippen LogP contribution in [-0.2, 0) is 0 Å². The first-order chi connectivity index (χ1) is 9.90. The number of aromatic hydroxyl groups is 1. The summed E-state index contributed by atoms with van der Waals surface area (Å²) in [5, 5.41) is 9.52. The molecule has 0 unspecified atom stereocenters. The molecule has 0 saturated heterocycles. The summed E-state index contributed by atoms with van der Waals surface area (Å²) in [6, 6.07) is 11.4. The Hall–Kier alpha value is -2.11. The molecule has 0 atom stereocenters. The van der Waals surface area contributed by atoms with Gasteiger partial charge in [-0.25, -0.2) is 0 Å². The lowest BCUT2D eigenvalue weighted by Crippen LogP contribution is -2.26. The molecule has 2 aromatic rings. The molecule has 2 rings (SSSR count). The molecule has 0 bridgehead atoms. The molecular formula is C15H13ClN2O2S. The van der Waals surface area contributed by atoms with Crippen molar-refractivity contribution in [2.75, 3.05) is 11.9 Å². The topological polar surface area (TPSA) is 66.6 Å². The van der Waals surface area contributed by atoms with Crippen LogP contribution in [0.25, 0.3) is 0 Å². The van der Waals surface area contributed by atoms with Crippen molar-refractivity contribution in [2.45, 2.75) is 0 Å². The maximum Gasteiger partial charge on any atom is 0.258 e. The molecule has 0 aromatic heterocycles. The Labute approximate surface area is 132 Å². The van der Waals surface area contributed by atoms with Gasteiger partial charge in [0.15, 0.2) is 0 Å². The smallest absolute Gasteiger partial charge is 0.258 e. The van der Waals surface area contributed by atoms with E-state index in [2.05, 4.69) is 0 Å². The van der Waals surface area contributed by atoms with Gasteiger partial charge in [-0.2, -0.15) is 0 Å². The zero-order valence-corrected chi connectivity index (χ0v) is 12.8. The summed E-state index contributed by atoms with van der Waals surface area (Å²) in [6.07, 6.45) is 0. The van der Waals surface area contributed by atoms with Gasteiger partial charge in [0.1, 0.15) is 10.7 Å². The fourth-order valence-corrected chi connectivity index (χ4v) is 2.13. The Morgan fingerprint density at radius 2 is 1.95 bits per heavy atom. The molecule has 21 heavy (non-hydrogen) atoms. The van der Waals surface area contributed by atoms with Gasteiger partial charge >= 0.3 is 0 Å². The van der Waals surface area contributed by atoms with Crippen LogP contribution < -0.4 is 10.6 Å². The van der Waals surface area contributed by atoms with Crippen molar-refractivity contribution in [3.05, 3.63) is 58.6 Å². The Balaban J connectivity index is 2.32. The quantitative estimate of drug-likeness (QED) is 0.853. The maximum absolute atomic E-state index is 12.4. The molecule has 0 saturated carbocycles. The molecule has 4 nitrogen and oxygen atoms in total. The molecule has 2 aromatic carbocycles. The SMILES string of the molecule is CN(C(=O)c1ccc(O)c(Cl)c1)c1cccc(C(N)=S)c1. The number of benzene rings is 2. The number of thiocarbonyl (C=S) groups is 1.